The summed E-state index contributed by atoms with van der Waals surface area (Å²) in [6.07, 6.45) is 2.27. The molecule has 214 valence electrons. The number of carbonyl (C=O) groups excluding carboxylic acids is 1. The highest BCUT2D eigenvalue weighted by Gasteiger charge is 2.29. The number of aliphatic hydroxyl groups is 3. The van der Waals surface area contributed by atoms with E-state index in [0.717, 1.165) is 59.3 Å². The lowest BCUT2D eigenvalue weighted by Crippen LogP contribution is -2.32. The largest absolute Gasteiger partial charge is 0.481 e. The van der Waals surface area contributed by atoms with Gasteiger partial charge in [-0.1, -0.05) is 61.5 Å². The van der Waals surface area contributed by atoms with Crippen molar-refractivity contribution in [3.8, 4) is 11.1 Å². The van der Waals surface area contributed by atoms with Crippen molar-refractivity contribution < 1.29 is 30.0 Å². The molecule has 0 unspecified atom stereocenters. The van der Waals surface area contributed by atoms with Gasteiger partial charge < -0.3 is 30.3 Å². The molecule has 4 rings (SSSR count). The molecule has 0 saturated heterocycles. The zero-order valence-electron chi connectivity index (χ0n) is 23.1. The van der Waals surface area contributed by atoms with Crippen molar-refractivity contribution in [2.24, 2.45) is 0 Å². The lowest BCUT2D eigenvalue weighted by molar-refractivity contribution is -0.139. The molecule has 8 heteroatoms. The number of fused-ring (bicyclic) bond motifs is 1. The third-order valence-corrected chi connectivity index (χ3v) is 7.79. The Morgan fingerprint density at radius 2 is 1.62 bits per heavy atom. The molecule has 0 saturated carbocycles. The van der Waals surface area contributed by atoms with Crippen molar-refractivity contribution in [1.82, 2.24) is 9.88 Å². The summed E-state index contributed by atoms with van der Waals surface area (Å²) in [5, 5.41) is 42.5. The molecule has 1 aromatic heterocycles. The van der Waals surface area contributed by atoms with Gasteiger partial charge in [-0.05, 0) is 67.2 Å². The number of aliphatic hydroxyl groups excluding tert-OH is 3. The van der Waals surface area contributed by atoms with Crippen LogP contribution in [0.15, 0.2) is 54.6 Å². The van der Waals surface area contributed by atoms with Crippen LogP contribution in [0, 0.1) is 0 Å². The van der Waals surface area contributed by atoms with Gasteiger partial charge in [-0.25, -0.2) is 0 Å². The summed E-state index contributed by atoms with van der Waals surface area (Å²) in [5.74, 6) is -1.31. The molecule has 1 aliphatic rings. The molecule has 2 aromatic carbocycles. The second kappa shape index (κ2) is 13.7. The fourth-order valence-corrected chi connectivity index (χ4v) is 5.83. The Balaban J connectivity index is 1.52. The van der Waals surface area contributed by atoms with Crippen LogP contribution in [0.3, 0.4) is 0 Å². The Bertz CT molecular complexity index is 1280. The normalized spacial score (nSPS) is 15.2. The monoisotopic (exact) mass is 548 g/mol. The molecule has 1 aliphatic carbocycles. The van der Waals surface area contributed by atoms with Crippen LogP contribution in [0.4, 0.5) is 0 Å². The molecular formula is C32H40N2O6. The van der Waals surface area contributed by atoms with Crippen molar-refractivity contribution in [2.45, 2.75) is 83.1 Å². The van der Waals surface area contributed by atoms with Gasteiger partial charge in [-0.15, -0.1) is 0 Å². The van der Waals surface area contributed by atoms with Gasteiger partial charge in [0, 0.05) is 17.9 Å². The summed E-state index contributed by atoms with van der Waals surface area (Å²) in [6, 6.07) is 17.3. The molecule has 0 spiro atoms. The van der Waals surface area contributed by atoms with Gasteiger partial charge >= 0.3 is 5.97 Å². The highest BCUT2D eigenvalue weighted by molar-refractivity contribution is 5.98. The Kier molecular flexibility index (Phi) is 10.1. The predicted molar refractivity (Wildman–Crippen MR) is 153 cm³/mol. The number of rotatable bonds is 13. The Morgan fingerprint density at radius 1 is 0.950 bits per heavy atom. The average molecular weight is 549 g/mol. The van der Waals surface area contributed by atoms with Crippen molar-refractivity contribution in [2.75, 3.05) is 6.61 Å². The van der Waals surface area contributed by atoms with Crippen LogP contribution in [0.2, 0.25) is 0 Å². The minimum atomic E-state index is -1.10. The number of aliphatic carboxylic acids is 1. The molecule has 3 aromatic rings. The van der Waals surface area contributed by atoms with Gasteiger partial charge in [-0.3, -0.25) is 9.59 Å². The Labute approximate surface area is 235 Å². The fourth-order valence-electron chi connectivity index (χ4n) is 5.83. The minimum Gasteiger partial charge on any atom is -0.481 e. The van der Waals surface area contributed by atoms with Crippen LogP contribution in [-0.4, -0.2) is 55.7 Å². The predicted octanol–water partition coefficient (Wildman–Crippen LogP) is 4.04. The van der Waals surface area contributed by atoms with Crippen LogP contribution < -0.4 is 5.32 Å². The van der Waals surface area contributed by atoms with Crippen LogP contribution >= 0.6 is 0 Å². The number of amides is 1. The molecule has 1 amide bonds. The van der Waals surface area contributed by atoms with Crippen molar-refractivity contribution >= 4 is 11.9 Å². The maximum absolute atomic E-state index is 13.8. The fraction of sp³-hybridized carbons (Fsp3) is 0.438. The molecule has 0 fully saturated rings. The maximum atomic E-state index is 13.8. The van der Waals surface area contributed by atoms with E-state index < -0.39 is 30.6 Å². The lowest BCUT2D eigenvalue weighted by Gasteiger charge is -2.19. The SMILES string of the molecule is CCc1c(C(=O)N[C@H](CO)c2ccc(-c3ccccc3)cc2)c2c(n1CC[C@@H](O)C[C@@H](O)CC(=O)O)CCCC2. The van der Waals surface area contributed by atoms with Crippen LogP contribution in [0.25, 0.3) is 11.1 Å². The molecule has 1 heterocycles. The standard InChI is InChI=1S/C32H40N2O6/c1-2-28-31(26-10-6-7-11-29(26)34(28)17-16-24(36)18-25(37)19-30(38)39)32(40)33-27(20-35)23-14-12-22(13-15-23)21-8-4-3-5-9-21/h3-5,8-9,12-15,24-25,27,35-37H,2,6-7,10-11,16-20H2,1H3,(H,33,40)(H,38,39)/t24-,25-,27-/m1/s1. The van der Waals surface area contributed by atoms with Gasteiger partial charge in [0.1, 0.15) is 0 Å². The number of benzene rings is 2. The summed E-state index contributed by atoms with van der Waals surface area (Å²) in [6.45, 7) is 2.25. The smallest absolute Gasteiger partial charge is 0.305 e. The summed E-state index contributed by atoms with van der Waals surface area (Å²) < 4.78 is 2.14. The van der Waals surface area contributed by atoms with Crippen LogP contribution in [0.1, 0.15) is 77.9 Å². The van der Waals surface area contributed by atoms with Gasteiger partial charge in [0.2, 0.25) is 0 Å². The Morgan fingerprint density at radius 3 is 2.27 bits per heavy atom. The number of nitrogens with one attached hydrogen (secondary N) is 1. The van der Waals surface area contributed by atoms with E-state index in [9.17, 15) is 24.9 Å². The van der Waals surface area contributed by atoms with Crippen molar-refractivity contribution in [3.63, 3.8) is 0 Å². The molecular weight excluding hydrogens is 508 g/mol. The van der Waals surface area contributed by atoms with E-state index in [1.165, 1.54) is 0 Å². The Hall–Kier alpha value is -3.46. The minimum absolute atomic E-state index is 0.00813. The highest BCUT2D eigenvalue weighted by Crippen LogP contribution is 2.32. The first kappa shape index (κ1) is 29.5. The lowest BCUT2D eigenvalue weighted by atomic mass is 9.93. The van der Waals surface area contributed by atoms with E-state index in [0.29, 0.717) is 24.9 Å². The molecule has 3 atom stereocenters. The first-order chi connectivity index (χ1) is 19.3. The zero-order chi connectivity index (χ0) is 28.6. The molecule has 0 aliphatic heterocycles. The number of carboxylic acid groups (broad SMARTS) is 1. The third kappa shape index (κ3) is 6.99. The molecule has 0 bridgehead atoms. The summed E-state index contributed by atoms with van der Waals surface area (Å²) in [7, 11) is 0. The summed E-state index contributed by atoms with van der Waals surface area (Å²) in [5.41, 5.74) is 6.70. The second-order valence-corrected chi connectivity index (χ2v) is 10.6. The van der Waals surface area contributed by atoms with E-state index in [1.54, 1.807) is 0 Å². The van der Waals surface area contributed by atoms with E-state index in [4.69, 9.17) is 5.11 Å². The first-order valence-corrected chi connectivity index (χ1v) is 14.2. The first-order valence-electron chi connectivity index (χ1n) is 14.2. The number of nitrogens with zero attached hydrogens (tertiary/aromatic N) is 1. The van der Waals surface area contributed by atoms with E-state index in [2.05, 4.69) is 9.88 Å². The van der Waals surface area contributed by atoms with Gasteiger partial charge in [0.05, 0.1) is 36.8 Å². The molecule has 8 nitrogen and oxygen atoms in total. The summed E-state index contributed by atoms with van der Waals surface area (Å²) in [4.78, 5) is 24.6. The average Bonchev–Trinajstić information content (AvgIpc) is 3.28. The van der Waals surface area contributed by atoms with E-state index in [1.807, 2.05) is 61.5 Å². The topological polar surface area (TPSA) is 132 Å². The van der Waals surface area contributed by atoms with E-state index >= 15 is 0 Å². The van der Waals surface area contributed by atoms with Gasteiger partial charge in [-0.2, -0.15) is 0 Å². The quantitative estimate of drug-likeness (QED) is 0.219. The number of aromatic nitrogens is 1. The third-order valence-electron chi connectivity index (χ3n) is 7.79. The maximum Gasteiger partial charge on any atom is 0.305 e. The number of carbonyl (C=O) groups is 2. The van der Waals surface area contributed by atoms with E-state index in [-0.39, 0.29) is 18.9 Å². The van der Waals surface area contributed by atoms with Crippen LogP contribution in [0.5, 0.6) is 0 Å². The van der Waals surface area contributed by atoms with Crippen LogP contribution in [-0.2, 0) is 30.6 Å². The van der Waals surface area contributed by atoms with Gasteiger partial charge in [0.15, 0.2) is 0 Å². The number of hydrogen-bond donors (Lipinski definition) is 5. The molecule has 5 N–H and O–H groups in total. The molecule has 0 radical (unpaired) electrons. The number of carboxylic acids is 1. The molecule has 40 heavy (non-hydrogen) atoms. The van der Waals surface area contributed by atoms with Crippen molar-refractivity contribution in [3.05, 3.63) is 82.7 Å². The van der Waals surface area contributed by atoms with Gasteiger partial charge in [0.25, 0.3) is 5.91 Å². The second-order valence-electron chi connectivity index (χ2n) is 10.6. The number of hydrogen-bond acceptors (Lipinski definition) is 5. The summed E-state index contributed by atoms with van der Waals surface area (Å²) >= 11 is 0. The zero-order valence-corrected chi connectivity index (χ0v) is 23.1. The van der Waals surface area contributed by atoms with Crippen molar-refractivity contribution in [1.29, 1.82) is 0 Å². The highest BCUT2D eigenvalue weighted by atomic mass is 16.4.